The number of nitrogens with one attached hydrogen (secondary N) is 2. The van der Waals surface area contributed by atoms with Crippen molar-refractivity contribution in [1.29, 1.82) is 0 Å². The first kappa shape index (κ1) is 37.9. The number of hydrogen-bond donors (Lipinski definition) is 3. The summed E-state index contributed by atoms with van der Waals surface area (Å²) in [4.78, 5) is 53.7. The van der Waals surface area contributed by atoms with Gasteiger partial charge < -0.3 is 35.3 Å². The average molecular weight is 698 g/mol. The second kappa shape index (κ2) is 16.7. The predicted octanol–water partition coefficient (Wildman–Crippen LogP) is 4.58. The predicted molar refractivity (Wildman–Crippen MR) is 185 cm³/mol. The van der Waals surface area contributed by atoms with Gasteiger partial charge in [-0.1, -0.05) is 68.8 Å². The number of benzene rings is 2. The van der Waals surface area contributed by atoms with Crippen molar-refractivity contribution in [1.82, 2.24) is 10.6 Å². The Morgan fingerprint density at radius 2 is 1.71 bits per heavy atom. The molecular formula is C37H48ClN3O8. The minimum absolute atomic E-state index is 0.0121. The van der Waals surface area contributed by atoms with E-state index in [2.05, 4.69) is 10.6 Å². The maximum atomic E-state index is 13.6. The van der Waals surface area contributed by atoms with E-state index in [1.54, 1.807) is 38.1 Å². The largest absolute Gasteiger partial charge is 0.495 e. The van der Waals surface area contributed by atoms with Crippen molar-refractivity contribution in [2.45, 2.75) is 90.9 Å². The molecule has 266 valence electrons. The fourth-order valence-electron chi connectivity index (χ4n) is 5.67. The van der Waals surface area contributed by atoms with Crippen LogP contribution >= 0.6 is 11.6 Å². The van der Waals surface area contributed by atoms with Crippen LogP contribution in [0.25, 0.3) is 0 Å². The summed E-state index contributed by atoms with van der Waals surface area (Å²) in [5.74, 6) is -2.14. The van der Waals surface area contributed by atoms with Crippen LogP contribution in [-0.2, 0) is 46.4 Å². The minimum atomic E-state index is -1.21. The number of epoxide rings is 1. The van der Waals surface area contributed by atoms with Crippen molar-refractivity contribution in [2.24, 2.45) is 23.0 Å². The molecule has 0 aromatic heterocycles. The zero-order chi connectivity index (χ0) is 35.9. The van der Waals surface area contributed by atoms with E-state index in [-0.39, 0.29) is 49.9 Å². The summed E-state index contributed by atoms with van der Waals surface area (Å²) in [6.07, 6.45) is 1.18. The number of cyclic esters (lactones) is 2. The zero-order valence-corrected chi connectivity index (χ0v) is 29.8. The Hall–Kier alpha value is -3.93. The van der Waals surface area contributed by atoms with Gasteiger partial charge >= 0.3 is 11.9 Å². The number of amides is 2. The van der Waals surface area contributed by atoms with Crippen molar-refractivity contribution < 1.29 is 38.1 Å². The Kier molecular flexibility index (Phi) is 12.9. The molecule has 2 amide bonds. The molecule has 49 heavy (non-hydrogen) atoms. The SMILES string of the molecule is COc1ccc(C[C@H]2NC(=O)C=CCC([C@H](C)[C@@H]3O[C@H]3c3ccc(CN)cc3)OC(=O)[C@H](CC(C)C)OC(=O)C(C)(C)CNC2=O)cc1Cl. The fraction of sp³-hybridized carbons (Fsp3) is 0.514. The van der Waals surface area contributed by atoms with Gasteiger partial charge in [-0.3, -0.25) is 14.4 Å². The van der Waals surface area contributed by atoms with Crippen LogP contribution in [0.4, 0.5) is 0 Å². The standard InChI is InChI=1S/C37H48ClN3O8/c1-21(2)16-30-35(44)47-28(22(3)32-33(49-32)25-13-10-23(19-39)11-14-25)8-7-9-31(42)41-27(18-24-12-15-29(46-6)26(38)17-24)34(43)40-20-37(4,5)36(45)48-30/h7,9-15,17,21-22,27-28,30,32-33H,8,16,18-20,39H2,1-6H3,(H,40,43)(H,41,42)/t22-,27+,28?,30-,32-,33-/m0/s1. The molecule has 1 unspecified atom stereocenters. The average Bonchev–Trinajstić information content (AvgIpc) is 3.86. The van der Waals surface area contributed by atoms with E-state index >= 15 is 0 Å². The fourth-order valence-corrected chi connectivity index (χ4v) is 5.95. The zero-order valence-electron chi connectivity index (χ0n) is 29.0. The molecule has 2 heterocycles. The van der Waals surface area contributed by atoms with Crippen LogP contribution < -0.4 is 21.1 Å². The molecule has 2 aromatic carbocycles. The molecule has 6 atom stereocenters. The lowest BCUT2D eigenvalue weighted by Crippen LogP contribution is -2.51. The van der Waals surface area contributed by atoms with Gasteiger partial charge in [-0.2, -0.15) is 0 Å². The van der Waals surface area contributed by atoms with Crippen LogP contribution in [0.1, 0.15) is 70.3 Å². The van der Waals surface area contributed by atoms with Gasteiger partial charge in [-0.05, 0) is 61.1 Å². The molecule has 0 bridgehead atoms. The Labute approximate surface area is 293 Å². The number of hydrogen-bond acceptors (Lipinski definition) is 9. The van der Waals surface area contributed by atoms with E-state index in [9.17, 15) is 19.2 Å². The van der Waals surface area contributed by atoms with E-state index in [0.29, 0.717) is 22.9 Å². The second-order valence-electron chi connectivity index (χ2n) is 13.8. The second-order valence-corrected chi connectivity index (χ2v) is 14.2. The van der Waals surface area contributed by atoms with Crippen molar-refractivity contribution in [3.63, 3.8) is 0 Å². The van der Waals surface area contributed by atoms with Crippen LogP contribution in [0.3, 0.4) is 0 Å². The van der Waals surface area contributed by atoms with Gasteiger partial charge in [0.05, 0.1) is 23.7 Å². The Bertz CT molecular complexity index is 1530. The van der Waals surface area contributed by atoms with E-state index in [4.69, 9.17) is 36.3 Å². The minimum Gasteiger partial charge on any atom is -0.495 e. The molecule has 0 radical (unpaired) electrons. The summed E-state index contributed by atoms with van der Waals surface area (Å²) >= 11 is 6.32. The van der Waals surface area contributed by atoms with Crippen molar-refractivity contribution >= 4 is 35.4 Å². The number of methoxy groups -OCH3 is 1. The molecule has 2 aliphatic rings. The molecule has 11 nitrogen and oxygen atoms in total. The highest BCUT2D eigenvalue weighted by atomic mass is 35.5. The topological polar surface area (TPSA) is 159 Å². The number of ether oxygens (including phenoxy) is 4. The van der Waals surface area contributed by atoms with Crippen LogP contribution in [0.2, 0.25) is 5.02 Å². The summed E-state index contributed by atoms with van der Waals surface area (Å²) < 4.78 is 23.1. The lowest BCUT2D eigenvalue weighted by Gasteiger charge is -2.29. The number of carbonyl (C=O) groups is 4. The van der Waals surface area contributed by atoms with E-state index in [1.807, 2.05) is 45.0 Å². The van der Waals surface area contributed by atoms with Crippen molar-refractivity contribution in [3.8, 4) is 5.75 Å². The summed E-state index contributed by atoms with van der Waals surface area (Å²) in [6.45, 7) is 9.33. The maximum absolute atomic E-state index is 13.6. The van der Waals surface area contributed by atoms with Gasteiger partial charge in [0.1, 0.15) is 24.0 Å². The third kappa shape index (κ3) is 10.3. The lowest BCUT2D eigenvalue weighted by atomic mass is 9.92. The number of carbonyl (C=O) groups excluding carboxylic acids is 4. The molecular weight excluding hydrogens is 650 g/mol. The molecule has 4 N–H and O–H groups in total. The van der Waals surface area contributed by atoms with Gasteiger partial charge in [-0.25, -0.2) is 4.79 Å². The Morgan fingerprint density at radius 3 is 2.35 bits per heavy atom. The molecule has 0 aliphatic carbocycles. The van der Waals surface area contributed by atoms with E-state index < -0.39 is 47.4 Å². The van der Waals surface area contributed by atoms with Gasteiger partial charge in [0, 0.05) is 31.8 Å². The van der Waals surface area contributed by atoms with Crippen LogP contribution in [-0.4, -0.2) is 61.8 Å². The number of nitrogens with two attached hydrogens (primary N) is 1. The molecule has 0 saturated carbocycles. The number of rotatable bonds is 9. The third-order valence-electron chi connectivity index (χ3n) is 8.82. The Morgan fingerprint density at radius 1 is 1.02 bits per heavy atom. The van der Waals surface area contributed by atoms with Crippen LogP contribution in [0.15, 0.2) is 54.6 Å². The van der Waals surface area contributed by atoms with Gasteiger partial charge in [0.15, 0.2) is 6.10 Å². The van der Waals surface area contributed by atoms with Crippen LogP contribution in [0, 0.1) is 17.3 Å². The molecule has 1 saturated heterocycles. The van der Waals surface area contributed by atoms with E-state index in [0.717, 1.165) is 11.1 Å². The quantitative estimate of drug-likeness (QED) is 0.252. The first-order valence-electron chi connectivity index (χ1n) is 16.7. The maximum Gasteiger partial charge on any atom is 0.347 e. The first-order chi connectivity index (χ1) is 23.2. The number of halogens is 1. The third-order valence-corrected chi connectivity index (χ3v) is 9.12. The highest BCUT2D eigenvalue weighted by Crippen LogP contribution is 2.45. The van der Waals surface area contributed by atoms with Gasteiger partial charge in [0.2, 0.25) is 11.8 Å². The van der Waals surface area contributed by atoms with Crippen molar-refractivity contribution in [3.05, 3.63) is 76.3 Å². The molecule has 2 aliphatic heterocycles. The smallest absolute Gasteiger partial charge is 0.347 e. The summed E-state index contributed by atoms with van der Waals surface area (Å²) in [5, 5.41) is 5.91. The van der Waals surface area contributed by atoms with Crippen molar-refractivity contribution in [2.75, 3.05) is 13.7 Å². The van der Waals surface area contributed by atoms with Crippen LogP contribution in [0.5, 0.6) is 5.75 Å². The Balaban J connectivity index is 1.60. The first-order valence-corrected chi connectivity index (χ1v) is 17.0. The summed E-state index contributed by atoms with van der Waals surface area (Å²) in [7, 11) is 1.50. The highest BCUT2D eigenvalue weighted by molar-refractivity contribution is 6.32. The molecule has 4 rings (SSSR count). The summed E-state index contributed by atoms with van der Waals surface area (Å²) in [6, 6.07) is 12.0. The van der Waals surface area contributed by atoms with E-state index in [1.165, 1.54) is 13.2 Å². The summed E-state index contributed by atoms with van der Waals surface area (Å²) in [5.41, 5.74) is 7.22. The monoisotopic (exact) mass is 697 g/mol. The normalized spacial score (nSPS) is 25.5. The molecule has 0 spiro atoms. The number of esters is 2. The van der Waals surface area contributed by atoms with Gasteiger partial charge in [0.25, 0.3) is 0 Å². The van der Waals surface area contributed by atoms with Gasteiger partial charge in [-0.15, -0.1) is 0 Å². The highest BCUT2D eigenvalue weighted by Gasteiger charge is 2.48. The molecule has 2 aromatic rings. The molecule has 12 heteroatoms. The molecule has 1 fully saturated rings. The lowest BCUT2D eigenvalue weighted by molar-refractivity contribution is -0.179.